The molecule has 0 aliphatic carbocycles. The zero-order valence-electron chi connectivity index (χ0n) is 10.6. The minimum absolute atomic E-state index is 0.208. The SMILES string of the molecule is CC(C)(CC(=O)O)NC(=O)c1cc(F)c(F)c(F)c1F. The maximum absolute atomic E-state index is 13.4. The molecule has 1 aromatic rings. The third-order valence-electron chi connectivity index (χ3n) is 2.39. The van der Waals surface area contributed by atoms with E-state index in [1.165, 1.54) is 13.8 Å². The van der Waals surface area contributed by atoms with Gasteiger partial charge >= 0.3 is 5.97 Å². The predicted molar refractivity (Wildman–Crippen MR) is 60.1 cm³/mol. The molecule has 0 heterocycles. The van der Waals surface area contributed by atoms with E-state index in [9.17, 15) is 27.2 Å². The standard InChI is InChI=1S/C12H11F4NO3/c1-12(2,4-7(18)19)17-11(20)5-3-6(13)9(15)10(16)8(5)14/h3H,4H2,1-2H3,(H,17,20)(H,18,19). The average molecular weight is 293 g/mol. The van der Waals surface area contributed by atoms with Gasteiger partial charge in [0.15, 0.2) is 23.3 Å². The van der Waals surface area contributed by atoms with Gasteiger partial charge in [-0.1, -0.05) is 0 Å². The molecule has 0 unspecified atom stereocenters. The van der Waals surface area contributed by atoms with E-state index in [1.54, 1.807) is 0 Å². The van der Waals surface area contributed by atoms with Crippen LogP contribution < -0.4 is 5.32 Å². The van der Waals surface area contributed by atoms with Gasteiger partial charge in [0.1, 0.15) is 0 Å². The van der Waals surface area contributed by atoms with Crippen LogP contribution in [0.25, 0.3) is 0 Å². The van der Waals surface area contributed by atoms with Gasteiger partial charge in [-0.15, -0.1) is 0 Å². The van der Waals surface area contributed by atoms with Gasteiger partial charge in [0.25, 0.3) is 5.91 Å². The molecule has 0 fully saturated rings. The van der Waals surface area contributed by atoms with Gasteiger partial charge in [-0.25, -0.2) is 17.6 Å². The van der Waals surface area contributed by atoms with E-state index in [2.05, 4.69) is 5.32 Å². The van der Waals surface area contributed by atoms with Crippen molar-refractivity contribution in [1.82, 2.24) is 5.32 Å². The lowest BCUT2D eigenvalue weighted by Gasteiger charge is -2.24. The highest BCUT2D eigenvalue weighted by atomic mass is 19.2. The topological polar surface area (TPSA) is 66.4 Å². The first-order valence-corrected chi connectivity index (χ1v) is 5.42. The number of halogens is 4. The second-order valence-corrected chi connectivity index (χ2v) is 4.76. The van der Waals surface area contributed by atoms with Gasteiger partial charge in [-0.2, -0.15) is 0 Å². The molecular formula is C12H11F4NO3. The van der Waals surface area contributed by atoms with Gasteiger partial charge in [0.2, 0.25) is 0 Å². The smallest absolute Gasteiger partial charge is 0.305 e. The second kappa shape index (κ2) is 5.48. The Morgan fingerprint density at radius 1 is 1.15 bits per heavy atom. The molecule has 2 N–H and O–H groups in total. The summed E-state index contributed by atoms with van der Waals surface area (Å²) in [6, 6.07) is 0.208. The van der Waals surface area contributed by atoms with E-state index in [4.69, 9.17) is 5.11 Å². The summed E-state index contributed by atoms with van der Waals surface area (Å²) in [5.74, 6) is -10.2. The zero-order chi connectivity index (χ0) is 15.7. The molecule has 1 amide bonds. The van der Waals surface area contributed by atoms with Crippen molar-refractivity contribution in [3.8, 4) is 0 Å². The van der Waals surface area contributed by atoms with Crippen LogP contribution in [-0.4, -0.2) is 22.5 Å². The van der Waals surface area contributed by atoms with Crippen molar-refractivity contribution >= 4 is 11.9 Å². The van der Waals surface area contributed by atoms with Crippen LogP contribution in [0.2, 0.25) is 0 Å². The number of carbonyl (C=O) groups is 2. The van der Waals surface area contributed by atoms with Crippen LogP contribution in [0.15, 0.2) is 6.07 Å². The molecule has 20 heavy (non-hydrogen) atoms. The minimum Gasteiger partial charge on any atom is -0.481 e. The number of carbonyl (C=O) groups excluding carboxylic acids is 1. The van der Waals surface area contributed by atoms with Crippen molar-refractivity contribution in [2.75, 3.05) is 0 Å². The number of carboxylic acids is 1. The fraction of sp³-hybridized carbons (Fsp3) is 0.333. The molecule has 0 bridgehead atoms. The molecule has 0 saturated heterocycles. The molecule has 0 aromatic heterocycles. The fourth-order valence-corrected chi connectivity index (χ4v) is 1.54. The van der Waals surface area contributed by atoms with Gasteiger partial charge in [-0.05, 0) is 19.9 Å². The molecule has 1 rings (SSSR count). The maximum Gasteiger partial charge on any atom is 0.305 e. The lowest BCUT2D eigenvalue weighted by atomic mass is 10.00. The summed E-state index contributed by atoms with van der Waals surface area (Å²) in [5, 5.41) is 10.7. The first kappa shape index (κ1) is 15.9. The van der Waals surface area contributed by atoms with Crippen molar-refractivity contribution in [1.29, 1.82) is 0 Å². The highest BCUT2D eigenvalue weighted by Gasteiger charge is 2.28. The van der Waals surface area contributed by atoms with Gasteiger partial charge in [0, 0.05) is 5.54 Å². The number of hydrogen-bond acceptors (Lipinski definition) is 2. The Kier molecular flexibility index (Phi) is 4.36. The van der Waals surface area contributed by atoms with Gasteiger partial charge in [-0.3, -0.25) is 9.59 Å². The number of hydrogen-bond donors (Lipinski definition) is 2. The monoisotopic (exact) mass is 293 g/mol. The maximum atomic E-state index is 13.4. The van der Waals surface area contributed by atoms with E-state index in [0.29, 0.717) is 0 Å². The molecule has 0 aliphatic rings. The highest BCUT2D eigenvalue weighted by Crippen LogP contribution is 2.19. The van der Waals surface area contributed by atoms with Crippen LogP contribution in [0.5, 0.6) is 0 Å². The Hall–Kier alpha value is -2.12. The van der Waals surface area contributed by atoms with Crippen molar-refractivity contribution in [2.45, 2.75) is 25.8 Å². The number of benzene rings is 1. The quantitative estimate of drug-likeness (QED) is 0.508. The molecule has 4 nitrogen and oxygen atoms in total. The number of nitrogens with one attached hydrogen (secondary N) is 1. The van der Waals surface area contributed by atoms with E-state index in [0.717, 1.165) is 0 Å². The Morgan fingerprint density at radius 2 is 1.70 bits per heavy atom. The summed E-state index contributed by atoms with van der Waals surface area (Å²) in [6.07, 6.45) is -0.494. The van der Waals surface area contributed by atoms with Crippen LogP contribution in [0.1, 0.15) is 30.6 Å². The van der Waals surface area contributed by atoms with Crippen molar-refractivity contribution in [3.05, 3.63) is 34.9 Å². The number of amides is 1. The minimum atomic E-state index is -2.11. The third-order valence-corrected chi connectivity index (χ3v) is 2.39. The molecule has 8 heteroatoms. The number of rotatable bonds is 4. The normalized spacial score (nSPS) is 11.3. The predicted octanol–water partition coefficient (Wildman–Crippen LogP) is 2.23. The van der Waals surface area contributed by atoms with E-state index >= 15 is 0 Å². The van der Waals surface area contributed by atoms with Gasteiger partial charge in [0.05, 0.1) is 12.0 Å². The van der Waals surface area contributed by atoms with E-state index in [-0.39, 0.29) is 6.07 Å². The Labute approximate surface area is 111 Å². The first-order valence-electron chi connectivity index (χ1n) is 5.42. The highest BCUT2D eigenvalue weighted by molar-refractivity contribution is 5.95. The van der Waals surface area contributed by atoms with Crippen molar-refractivity contribution < 1.29 is 32.3 Å². The summed E-state index contributed by atoms with van der Waals surface area (Å²) in [7, 11) is 0. The second-order valence-electron chi connectivity index (χ2n) is 4.76. The van der Waals surface area contributed by atoms with E-state index in [1.807, 2.05) is 0 Å². The third kappa shape index (κ3) is 3.46. The van der Waals surface area contributed by atoms with Crippen LogP contribution >= 0.6 is 0 Å². The molecule has 0 atom stereocenters. The molecular weight excluding hydrogens is 282 g/mol. The fourth-order valence-electron chi connectivity index (χ4n) is 1.54. The molecule has 0 spiro atoms. The van der Waals surface area contributed by atoms with Crippen molar-refractivity contribution in [3.63, 3.8) is 0 Å². The summed E-state index contributed by atoms with van der Waals surface area (Å²) in [6.45, 7) is 2.65. The van der Waals surface area contributed by atoms with Crippen LogP contribution in [0.3, 0.4) is 0 Å². The van der Waals surface area contributed by atoms with Crippen LogP contribution in [0, 0.1) is 23.3 Å². The van der Waals surface area contributed by atoms with Crippen LogP contribution in [-0.2, 0) is 4.79 Å². The van der Waals surface area contributed by atoms with E-state index < -0.39 is 52.7 Å². The first-order chi connectivity index (χ1) is 9.05. The molecule has 0 radical (unpaired) electrons. The molecule has 1 aromatic carbocycles. The van der Waals surface area contributed by atoms with Crippen molar-refractivity contribution in [2.24, 2.45) is 0 Å². The lowest BCUT2D eigenvalue weighted by molar-refractivity contribution is -0.138. The number of aliphatic carboxylic acids is 1. The summed E-state index contributed by atoms with van der Waals surface area (Å²) < 4.78 is 52.1. The zero-order valence-corrected chi connectivity index (χ0v) is 10.6. The molecule has 0 saturated carbocycles. The molecule has 110 valence electrons. The Morgan fingerprint density at radius 3 is 2.20 bits per heavy atom. The largest absolute Gasteiger partial charge is 0.481 e. The number of carboxylic acid groups (broad SMARTS) is 1. The molecule has 0 aliphatic heterocycles. The lowest BCUT2D eigenvalue weighted by Crippen LogP contribution is -2.45. The Balaban J connectivity index is 3.08. The summed E-state index contributed by atoms with van der Waals surface area (Å²) in [4.78, 5) is 22.2. The summed E-state index contributed by atoms with van der Waals surface area (Å²) in [5.41, 5.74) is -2.32. The van der Waals surface area contributed by atoms with Crippen LogP contribution in [0.4, 0.5) is 17.6 Å². The van der Waals surface area contributed by atoms with Gasteiger partial charge < -0.3 is 10.4 Å². The Bertz CT molecular complexity index is 572. The summed E-state index contributed by atoms with van der Waals surface area (Å²) >= 11 is 0. The average Bonchev–Trinajstić information content (AvgIpc) is 2.28.